The second-order valence-corrected chi connectivity index (χ2v) is 4.73. The summed E-state index contributed by atoms with van der Waals surface area (Å²) in [4.78, 5) is 13.9. The Hall–Kier alpha value is -0.610. The van der Waals surface area contributed by atoms with Crippen molar-refractivity contribution in [1.82, 2.24) is 4.90 Å². The van der Waals surface area contributed by atoms with Crippen LogP contribution in [0.3, 0.4) is 0 Å². The molecule has 0 saturated heterocycles. The predicted octanol–water partition coefficient (Wildman–Crippen LogP) is 0.591. The molecule has 4 nitrogen and oxygen atoms in total. The van der Waals surface area contributed by atoms with Crippen LogP contribution in [0.5, 0.6) is 0 Å². The van der Waals surface area contributed by atoms with E-state index in [4.69, 9.17) is 10.8 Å². The van der Waals surface area contributed by atoms with Crippen molar-refractivity contribution >= 4 is 5.91 Å². The Kier molecular flexibility index (Phi) is 5.22. The molecule has 0 spiro atoms. The first-order valence-corrected chi connectivity index (χ1v) is 6.27. The highest BCUT2D eigenvalue weighted by Crippen LogP contribution is 2.29. The van der Waals surface area contributed by atoms with E-state index in [1.165, 1.54) is 0 Å². The average molecular weight is 228 g/mol. The number of nitrogens with two attached hydrogens (primary N) is 1. The summed E-state index contributed by atoms with van der Waals surface area (Å²) in [5.74, 6) is 0.501. The van der Waals surface area contributed by atoms with Crippen LogP contribution < -0.4 is 5.73 Å². The van der Waals surface area contributed by atoms with Gasteiger partial charge in [-0.3, -0.25) is 4.79 Å². The Morgan fingerprint density at radius 1 is 1.50 bits per heavy atom. The molecule has 3 unspecified atom stereocenters. The molecule has 4 heteroatoms. The van der Waals surface area contributed by atoms with Crippen molar-refractivity contribution in [1.29, 1.82) is 0 Å². The molecule has 0 aliphatic heterocycles. The molecule has 0 bridgehead atoms. The topological polar surface area (TPSA) is 66.6 Å². The van der Waals surface area contributed by atoms with Crippen LogP contribution in [0.1, 0.15) is 33.1 Å². The fourth-order valence-electron chi connectivity index (χ4n) is 2.51. The Labute approximate surface area is 97.8 Å². The number of aliphatic hydroxyl groups excluding tert-OH is 1. The molecule has 3 atom stereocenters. The molecule has 1 saturated carbocycles. The summed E-state index contributed by atoms with van der Waals surface area (Å²) in [5, 5.41) is 8.91. The van der Waals surface area contributed by atoms with Crippen LogP contribution in [0.2, 0.25) is 0 Å². The fraction of sp³-hybridized carbons (Fsp3) is 0.917. The van der Waals surface area contributed by atoms with Gasteiger partial charge in [0.25, 0.3) is 0 Å². The largest absolute Gasteiger partial charge is 0.395 e. The lowest BCUT2D eigenvalue weighted by Gasteiger charge is -2.35. The number of hydrogen-bond donors (Lipinski definition) is 2. The van der Waals surface area contributed by atoms with E-state index in [0.29, 0.717) is 19.0 Å². The maximum absolute atomic E-state index is 12.2. The number of carbonyl (C=O) groups excluding carboxylic acids is 1. The Morgan fingerprint density at radius 2 is 2.19 bits per heavy atom. The monoisotopic (exact) mass is 228 g/mol. The van der Waals surface area contributed by atoms with Crippen molar-refractivity contribution in [3.8, 4) is 0 Å². The van der Waals surface area contributed by atoms with Crippen molar-refractivity contribution in [2.24, 2.45) is 17.6 Å². The van der Waals surface area contributed by atoms with Gasteiger partial charge < -0.3 is 15.7 Å². The van der Waals surface area contributed by atoms with Gasteiger partial charge in [0.05, 0.1) is 12.5 Å². The summed E-state index contributed by atoms with van der Waals surface area (Å²) in [6.45, 7) is 5.15. The molecule has 1 aliphatic carbocycles. The van der Waals surface area contributed by atoms with E-state index in [0.717, 1.165) is 19.3 Å². The van der Waals surface area contributed by atoms with Crippen molar-refractivity contribution < 1.29 is 9.90 Å². The molecule has 0 aromatic carbocycles. The van der Waals surface area contributed by atoms with E-state index < -0.39 is 0 Å². The van der Waals surface area contributed by atoms with Gasteiger partial charge in [0.15, 0.2) is 0 Å². The predicted molar refractivity (Wildman–Crippen MR) is 63.8 cm³/mol. The van der Waals surface area contributed by atoms with Crippen LogP contribution in [0, 0.1) is 11.8 Å². The molecular weight excluding hydrogens is 204 g/mol. The smallest absolute Gasteiger partial charge is 0.227 e. The zero-order valence-corrected chi connectivity index (χ0v) is 10.4. The highest BCUT2D eigenvalue weighted by atomic mass is 16.3. The first-order chi connectivity index (χ1) is 7.61. The van der Waals surface area contributed by atoms with Gasteiger partial charge in [-0.1, -0.05) is 13.3 Å². The minimum Gasteiger partial charge on any atom is -0.395 e. The van der Waals surface area contributed by atoms with E-state index in [1.54, 1.807) is 4.90 Å². The molecule has 1 aliphatic rings. The Bertz CT molecular complexity index is 233. The highest BCUT2D eigenvalue weighted by Gasteiger charge is 2.34. The van der Waals surface area contributed by atoms with E-state index in [9.17, 15) is 4.79 Å². The van der Waals surface area contributed by atoms with Crippen LogP contribution in [-0.2, 0) is 4.79 Å². The molecule has 0 radical (unpaired) electrons. The molecule has 1 amide bonds. The number of amides is 1. The van der Waals surface area contributed by atoms with Gasteiger partial charge >= 0.3 is 0 Å². The second kappa shape index (κ2) is 6.21. The Morgan fingerprint density at radius 3 is 2.75 bits per heavy atom. The van der Waals surface area contributed by atoms with Crippen LogP contribution in [0.4, 0.5) is 0 Å². The van der Waals surface area contributed by atoms with E-state index >= 15 is 0 Å². The second-order valence-electron chi connectivity index (χ2n) is 4.73. The van der Waals surface area contributed by atoms with Gasteiger partial charge in [-0.2, -0.15) is 0 Å². The van der Waals surface area contributed by atoms with Gasteiger partial charge in [-0.25, -0.2) is 0 Å². The summed E-state index contributed by atoms with van der Waals surface area (Å²) in [6.07, 6.45) is 3.10. The average Bonchev–Trinajstić information content (AvgIpc) is 2.29. The zero-order chi connectivity index (χ0) is 12.1. The van der Waals surface area contributed by atoms with Crippen LogP contribution in [-0.4, -0.2) is 41.7 Å². The minimum absolute atomic E-state index is 0.0195. The van der Waals surface area contributed by atoms with Gasteiger partial charge in [0, 0.05) is 19.1 Å². The van der Waals surface area contributed by atoms with E-state index in [-0.39, 0.29) is 24.5 Å². The number of rotatable bonds is 4. The quantitative estimate of drug-likeness (QED) is 0.740. The van der Waals surface area contributed by atoms with E-state index in [2.05, 4.69) is 6.92 Å². The highest BCUT2D eigenvalue weighted by molar-refractivity contribution is 5.79. The summed E-state index contributed by atoms with van der Waals surface area (Å²) < 4.78 is 0. The molecule has 0 heterocycles. The molecule has 94 valence electrons. The lowest BCUT2D eigenvalue weighted by atomic mass is 9.77. The molecule has 0 aromatic rings. The summed E-state index contributed by atoms with van der Waals surface area (Å²) >= 11 is 0. The number of hydrogen-bond acceptors (Lipinski definition) is 3. The first-order valence-electron chi connectivity index (χ1n) is 6.27. The molecule has 1 rings (SSSR count). The number of likely N-dealkylation sites (N-methyl/N-ethyl adjacent to an activating group) is 1. The van der Waals surface area contributed by atoms with Gasteiger partial charge in [-0.15, -0.1) is 0 Å². The van der Waals surface area contributed by atoms with Gasteiger partial charge in [-0.05, 0) is 25.7 Å². The SMILES string of the molecule is CCN(CCO)C(=O)C1CCCC(C)C1N. The number of nitrogens with zero attached hydrogens (tertiary/aromatic N) is 1. The molecular formula is C12H24N2O2. The number of carbonyl (C=O) groups is 1. The normalized spacial score (nSPS) is 30.1. The minimum atomic E-state index is -0.0461. The first kappa shape index (κ1) is 13.5. The van der Waals surface area contributed by atoms with Gasteiger partial charge in [0.2, 0.25) is 5.91 Å². The summed E-state index contributed by atoms with van der Waals surface area (Å²) in [7, 11) is 0. The zero-order valence-electron chi connectivity index (χ0n) is 10.4. The molecule has 3 N–H and O–H groups in total. The molecule has 1 fully saturated rings. The van der Waals surface area contributed by atoms with Crippen LogP contribution in [0.15, 0.2) is 0 Å². The lowest BCUT2D eigenvalue weighted by molar-refractivity contribution is -0.138. The lowest BCUT2D eigenvalue weighted by Crippen LogP contribution is -2.49. The van der Waals surface area contributed by atoms with Crippen molar-refractivity contribution in [2.45, 2.75) is 39.2 Å². The van der Waals surface area contributed by atoms with Crippen molar-refractivity contribution in [2.75, 3.05) is 19.7 Å². The summed E-state index contributed by atoms with van der Waals surface area (Å²) in [5.41, 5.74) is 6.10. The Balaban J connectivity index is 2.63. The third-order valence-electron chi connectivity index (χ3n) is 3.68. The maximum atomic E-state index is 12.2. The molecule has 0 aromatic heterocycles. The third kappa shape index (κ3) is 2.95. The van der Waals surface area contributed by atoms with Crippen molar-refractivity contribution in [3.63, 3.8) is 0 Å². The van der Waals surface area contributed by atoms with Crippen LogP contribution >= 0.6 is 0 Å². The fourth-order valence-corrected chi connectivity index (χ4v) is 2.51. The third-order valence-corrected chi connectivity index (χ3v) is 3.68. The van der Waals surface area contributed by atoms with Crippen LogP contribution in [0.25, 0.3) is 0 Å². The van der Waals surface area contributed by atoms with E-state index in [1.807, 2.05) is 6.92 Å². The van der Waals surface area contributed by atoms with Crippen molar-refractivity contribution in [3.05, 3.63) is 0 Å². The maximum Gasteiger partial charge on any atom is 0.227 e. The van der Waals surface area contributed by atoms with Gasteiger partial charge in [0.1, 0.15) is 0 Å². The molecule has 16 heavy (non-hydrogen) atoms. The number of aliphatic hydroxyl groups is 1. The standard InChI is InChI=1S/C12H24N2O2/c1-3-14(7-8-15)12(16)10-6-4-5-9(2)11(10)13/h9-11,15H,3-8,13H2,1-2H3. The summed E-state index contributed by atoms with van der Waals surface area (Å²) in [6, 6.07) is -0.0195.